The molecule has 0 heterocycles. The topological polar surface area (TPSA) is 97.9 Å². The summed E-state index contributed by atoms with van der Waals surface area (Å²) in [6.45, 7) is 6.91. The molecule has 0 aromatic heterocycles. The van der Waals surface area contributed by atoms with E-state index in [1.165, 1.54) is 0 Å². The van der Waals surface area contributed by atoms with E-state index in [1.807, 2.05) is 39.0 Å². The second-order valence-corrected chi connectivity index (χ2v) is 7.02. The van der Waals surface area contributed by atoms with Gasteiger partial charge >= 0.3 is 0 Å². The smallest absolute Gasteiger partial charge is 0.276 e. The molecule has 0 saturated heterocycles. The van der Waals surface area contributed by atoms with Crippen molar-refractivity contribution < 1.29 is 23.8 Å². The van der Waals surface area contributed by atoms with Crippen LogP contribution < -0.4 is 25.6 Å². The molecular weight excluding hydrogens is 418 g/mol. The number of amides is 2. The Labute approximate surface area is 187 Å². The minimum atomic E-state index is -0.467. The van der Waals surface area contributed by atoms with Gasteiger partial charge in [0.05, 0.1) is 12.2 Å². The quantitative estimate of drug-likeness (QED) is 0.310. The van der Waals surface area contributed by atoms with Crippen molar-refractivity contribution in [2.75, 3.05) is 26.4 Å². The van der Waals surface area contributed by atoms with E-state index in [4.69, 9.17) is 26.4 Å². The van der Waals surface area contributed by atoms with Crippen LogP contribution in [0.25, 0.3) is 0 Å². The van der Waals surface area contributed by atoms with Gasteiger partial charge in [-0.2, -0.15) is 0 Å². The molecule has 0 aliphatic rings. The minimum Gasteiger partial charge on any atom is -0.490 e. The van der Waals surface area contributed by atoms with Gasteiger partial charge in [-0.1, -0.05) is 18.2 Å². The second kappa shape index (κ2) is 12.5. The van der Waals surface area contributed by atoms with Gasteiger partial charge in [0.2, 0.25) is 0 Å². The summed E-state index contributed by atoms with van der Waals surface area (Å²) < 4.78 is 16.3. The number of aryl methyl sites for hydroxylation is 2. The lowest BCUT2D eigenvalue weighted by atomic mass is 10.1. The first-order valence-electron chi connectivity index (χ1n) is 9.80. The summed E-state index contributed by atoms with van der Waals surface area (Å²) in [6.07, 6.45) is 0. The molecule has 2 aromatic carbocycles. The highest BCUT2D eigenvalue weighted by atomic mass is 32.1. The van der Waals surface area contributed by atoms with E-state index < -0.39 is 11.8 Å². The molecule has 0 aliphatic heterocycles. The van der Waals surface area contributed by atoms with Gasteiger partial charge in [0, 0.05) is 6.61 Å². The Kier molecular flexibility index (Phi) is 9.73. The number of nitrogens with one attached hydrogen (secondary N) is 3. The van der Waals surface area contributed by atoms with E-state index in [0.717, 1.165) is 11.1 Å². The average Bonchev–Trinajstić information content (AvgIpc) is 2.73. The van der Waals surface area contributed by atoms with E-state index in [0.29, 0.717) is 36.9 Å². The summed E-state index contributed by atoms with van der Waals surface area (Å²) in [5.74, 6) is 0.0959. The van der Waals surface area contributed by atoms with Crippen LogP contribution in [0.5, 0.6) is 11.5 Å². The maximum Gasteiger partial charge on any atom is 0.276 e. The number of ether oxygens (including phenoxy) is 3. The van der Waals surface area contributed by atoms with Gasteiger partial charge in [-0.05, 0) is 68.4 Å². The van der Waals surface area contributed by atoms with Crippen LogP contribution in [-0.2, 0) is 9.53 Å². The molecule has 0 saturated carbocycles. The fourth-order valence-corrected chi connectivity index (χ4v) is 2.81. The van der Waals surface area contributed by atoms with Crippen LogP contribution in [0.3, 0.4) is 0 Å². The van der Waals surface area contributed by atoms with E-state index >= 15 is 0 Å². The number of carbonyl (C=O) groups is 2. The lowest BCUT2D eigenvalue weighted by molar-refractivity contribution is -0.123. The lowest BCUT2D eigenvalue weighted by Gasteiger charge is -2.14. The van der Waals surface area contributed by atoms with Crippen LogP contribution in [0.2, 0.25) is 0 Å². The van der Waals surface area contributed by atoms with Crippen molar-refractivity contribution in [3.63, 3.8) is 0 Å². The van der Waals surface area contributed by atoms with Gasteiger partial charge in [-0.15, -0.1) is 0 Å². The van der Waals surface area contributed by atoms with Crippen molar-refractivity contribution in [2.24, 2.45) is 0 Å². The summed E-state index contributed by atoms with van der Waals surface area (Å²) in [4.78, 5) is 24.5. The van der Waals surface area contributed by atoms with Crippen molar-refractivity contribution in [3.05, 3.63) is 59.2 Å². The highest BCUT2D eigenvalue weighted by Gasteiger charge is 2.14. The van der Waals surface area contributed by atoms with Gasteiger partial charge < -0.3 is 14.2 Å². The highest BCUT2D eigenvalue weighted by molar-refractivity contribution is 7.80. The number of benzene rings is 2. The number of carbonyl (C=O) groups excluding carboxylic acids is 2. The molecule has 2 rings (SSSR count). The van der Waals surface area contributed by atoms with E-state index in [2.05, 4.69) is 16.2 Å². The SMILES string of the molecule is CCOCCOc1ccccc1C(=O)NC(=S)NNC(=O)COc1cc(C)cc(C)c1. The third-order valence-corrected chi connectivity index (χ3v) is 4.13. The van der Waals surface area contributed by atoms with Crippen LogP contribution in [-0.4, -0.2) is 43.4 Å². The molecule has 3 N–H and O–H groups in total. The number of para-hydroxylation sites is 1. The zero-order chi connectivity index (χ0) is 22.6. The van der Waals surface area contributed by atoms with Crippen molar-refractivity contribution in [1.82, 2.24) is 16.2 Å². The fraction of sp³-hybridized carbons (Fsp3) is 0.318. The average molecular weight is 446 g/mol. The summed E-state index contributed by atoms with van der Waals surface area (Å²) in [7, 11) is 0. The Morgan fingerprint density at radius 1 is 0.968 bits per heavy atom. The third-order valence-electron chi connectivity index (χ3n) is 3.93. The largest absolute Gasteiger partial charge is 0.490 e. The molecule has 166 valence electrons. The summed E-state index contributed by atoms with van der Waals surface area (Å²) >= 11 is 5.07. The van der Waals surface area contributed by atoms with Crippen LogP contribution >= 0.6 is 12.2 Å². The lowest BCUT2D eigenvalue weighted by Crippen LogP contribution is -2.49. The van der Waals surface area contributed by atoms with Crippen molar-refractivity contribution in [2.45, 2.75) is 20.8 Å². The molecule has 0 unspecified atom stereocenters. The maximum atomic E-state index is 12.5. The van der Waals surface area contributed by atoms with E-state index in [-0.39, 0.29) is 11.7 Å². The monoisotopic (exact) mass is 445 g/mol. The van der Waals surface area contributed by atoms with Crippen molar-refractivity contribution >= 4 is 29.1 Å². The zero-order valence-electron chi connectivity index (χ0n) is 17.8. The first kappa shape index (κ1) is 24.1. The molecule has 0 spiro atoms. The molecule has 9 heteroatoms. The highest BCUT2D eigenvalue weighted by Crippen LogP contribution is 2.18. The number of hydrogen-bond acceptors (Lipinski definition) is 6. The summed E-state index contributed by atoms with van der Waals surface area (Å²) in [6, 6.07) is 12.5. The van der Waals surface area contributed by atoms with Gasteiger partial charge in [-0.3, -0.25) is 25.8 Å². The first-order chi connectivity index (χ1) is 14.9. The molecule has 2 amide bonds. The number of hydrogen-bond donors (Lipinski definition) is 3. The van der Waals surface area contributed by atoms with Crippen LogP contribution in [0.15, 0.2) is 42.5 Å². The van der Waals surface area contributed by atoms with Gasteiger partial charge in [0.15, 0.2) is 11.7 Å². The number of thiocarbonyl (C=S) groups is 1. The fourth-order valence-electron chi connectivity index (χ4n) is 2.66. The Hall–Kier alpha value is -3.17. The van der Waals surface area contributed by atoms with Gasteiger partial charge in [0.1, 0.15) is 18.1 Å². The molecule has 0 aliphatic carbocycles. The van der Waals surface area contributed by atoms with Crippen LogP contribution in [0.1, 0.15) is 28.4 Å². The number of rotatable bonds is 9. The Balaban J connectivity index is 1.79. The molecular formula is C22H27N3O5S. The standard InChI is InChI=1S/C22H27N3O5S/c1-4-28-9-10-29-19-8-6-5-7-18(19)21(27)23-22(31)25-24-20(26)14-30-17-12-15(2)11-16(3)13-17/h5-8,11-13H,4,9-10,14H2,1-3H3,(H,24,26)(H2,23,25,27,31). The van der Waals surface area contributed by atoms with Crippen molar-refractivity contribution in [1.29, 1.82) is 0 Å². The molecule has 0 fully saturated rings. The molecule has 0 bridgehead atoms. The first-order valence-corrected chi connectivity index (χ1v) is 10.2. The van der Waals surface area contributed by atoms with Crippen LogP contribution in [0, 0.1) is 13.8 Å². The van der Waals surface area contributed by atoms with E-state index in [9.17, 15) is 9.59 Å². The molecule has 0 atom stereocenters. The van der Waals surface area contributed by atoms with E-state index in [1.54, 1.807) is 24.3 Å². The summed E-state index contributed by atoms with van der Waals surface area (Å²) in [5, 5.41) is 2.44. The Bertz CT molecular complexity index is 900. The zero-order valence-corrected chi connectivity index (χ0v) is 18.6. The Morgan fingerprint density at radius 2 is 1.68 bits per heavy atom. The second-order valence-electron chi connectivity index (χ2n) is 6.61. The van der Waals surface area contributed by atoms with Gasteiger partial charge in [-0.25, -0.2) is 0 Å². The predicted octanol–water partition coefficient (Wildman–Crippen LogP) is 2.43. The predicted molar refractivity (Wildman–Crippen MR) is 121 cm³/mol. The summed E-state index contributed by atoms with van der Waals surface area (Å²) in [5.41, 5.74) is 7.26. The number of hydrazine groups is 1. The molecule has 8 nitrogen and oxygen atoms in total. The molecule has 31 heavy (non-hydrogen) atoms. The van der Waals surface area contributed by atoms with Crippen molar-refractivity contribution in [3.8, 4) is 11.5 Å². The van der Waals surface area contributed by atoms with Crippen LogP contribution in [0.4, 0.5) is 0 Å². The Morgan fingerprint density at radius 3 is 2.39 bits per heavy atom. The normalized spacial score (nSPS) is 10.2. The van der Waals surface area contributed by atoms with Gasteiger partial charge in [0.25, 0.3) is 11.8 Å². The maximum absolute atomic E-state index is 12.5. The molecule has 0 radical (unpaired) electrons. The third kappa shape index (κ3) is 8.61. The molecule has 2 aromatic rings. The minimum absolute atomic E-state index is 0.0612.